The van der Waals surface area contributed by atoms with Gasteiger partial charge in [0.1, 0.15) is 5.82 Å². The summed E-state index contributed by atoms with van der Waals surface area (Å²) in [6, 6.07) is 5.62. The summed E-state index contributed by atoms with van der Waals surface area (Å²) in [4.78, 5) is 4.27. The van der Waals surface area contributed by atoms with Crippen molar-refractivity contribution in [1.29, 1.82) is 0 Å². The van der Waals surface area contributed by atoms with Crippen molar-refractivity contribution >= 4 is 44.7 Å². The molecule has 5 heteroatoms. The predicted molar refractivity (Wildman–Crippen MR) is 80.6 cm³/mol. The molecular weight excluding hydrogens is 314 g/mol. The summed E-state index contributed by atoms with van der Waals surface area (Å²) >= 11 is 9.59. The molecule has 0 radical (unpaired) electrons. The zero-order valence-corrected chi connectivity index (χ0v) is 12.4. The predicted octanol–water partition coefficient (Wildman–Crippen LogP) is 4.44. The van der Waals surface area contributed by atoms with Crippen LogP contribution >= 0.6 is 27.5 Å². The summed E-state index contributed by atoms with van der Waals surface area (Å²) in [5.74, 6) is 0.693. The Labute approximate surface area is 119 Å². The Morgan fingerprint density at radius 2 is 1.94 bits per heavy atom. The number of pyridine rings is 1. The molecule has 0 saturated carbocycles. The van der Waals surface area contributed by atoms with Crippen LogP contribution < -0.4 is 11.1 Å². The zero-order chi connectivity index (χ0) is 13.3. The van der Waals surface area contributed by atoms with Crippen molar-refractivity contribution < 1.29 is 0 Å². The molecule has 94 valence electrons. The number of nitrogens with zero attached hydrogens (tertiary/aromatic N) is 1. The molecule has 3 nitrogen and oxygen atoms in total. The summed E-state index contributed by atoms with van der Waals surface area (Å²) < 4.78 is 0.936. The summed E-state index contributed by atoms with van der Waals surface area (Å²) in [6.45, 7) is 3.88. The van der Waals surface area contributed by atoms with E-state index in [9.17, 15) is 0 Å². The van der Waals surface area contributed by atoms with Gasteiger partial charge in [0.2, 0.25) is 0 Å². The van der Waals surface area contributed by atoms with E-state index in [0.29, 0.717) is 16.5 Å². The van der Waals surface area contributed by atoms with Gasteiger partial charge in [0.05, 0.1) is 5.69 Å². The topological polar surface area (TPSA) is 50.9 Å². The Hall–Kier alpha value is -1.26. The lowest BCUT2D eigenvalue weighted by Gasteiger charge is -2.11. The molecule has 1 aromatic carbocycles. The van der Waals surface area contributed by atoms with E-state index in [-0.39, 0.29) is 0 Å². The number of hydrogen-bond donors (Lipinski definition) is 2. The Balaban J connectivity index is 2.34. The zero-order valence-electron chi connectivity index (χ0n) is 10.1. The average Bonchev–Trinajstić information content (AvgIpc) is 2.31. The average molecular weight is 327 g/mol. The number of halogens is 2. The quantitative estimate of drug-likeness (QED) is 0.857. The second kappa shape index (κ2) is 5.16. The Bertz CT molecular complexity index is 599. The second-order valence-corrected chi connectivity index (χ2v) is 5.39. The van der Waals surface area contributed by atoms with Crippen LogP contribution in [0.2, 0.25) is 5.02 Å². The third-order valence-electron chi connectivity index (χ3n) is 2.66. The number of aryl methyl sites for hydroxylation is 2. The van der Waals surface area contributed by atoms with Crippen molar-refractivity contribution in [1.82, 2.24) is 4.98 Å². The number of aromatic nitrogens is 1. The molecule has 0 bridgehead atoms. The SMILES string of the molecule is Cc1cnc(Nc2cc(Cl)c(C)cc2Br)cc1N. The van der Waals surface area contributed by atoms with E-state index in [4.69, 9.17) is 17.3 Å². The first kappa shape index (κ1) is 13.2. The Morgan fingerprint density at radius 3 is 2.61 bits per heavy atom. The van der Waals surface area contributed by atoms with Gasteiger partial charge < -0.3 is 11.1 Å². The van der Waals surface area contributed by atoms with Gasteiger partial charge in [-0.05, 0) is 53.0 Å². The molecule has 3 N–H and O–H groups in total. The van der Waals surface area contributed by atoms with Gasteiger partial charge in [-0.25, -0.2) is 4.98 Å². The monoisotopic (exact) mass is 325 g/mol. The first-order chi connectivity index (χ1) is 8.47. The van der Waals surface area contributed by atoms with Crippen LogP contribution in [0.25, 0.3) is 0 Å². The number of rotatable bonds is 2. The highest BCUT2D eigenvalue weighted by atomic mass is 79.9. The molecule has 0 aliphatic heterocycles. The minimum absolute atomic E-state index is 0.693. The lowest BCUT2D eigenvalue weighted by molar-refractivity contribution is 1.26. The van der Waals surface area contributed by atoms with E-state index in [1.165, 1.54) is 0 Å². The maximum absolute atomic E-state index is 6.10. The summed E-state index contributed by atoms with van der Waals surface area (Å²) in [5, 5.41) is 3.89. The fraction of sp³-hybridized carbons (Fsp3) is 0.154. The minimum atomic E-state index is 0.693. The Morgan fingerprint density at radius 1 is 1.22 bits per heavy atom. The van der Waals surface area contributed by atoms with Crippen LogP contribution in [0, 0.1) is 13.8 Å². The van der Waals surface area contributed by atoms with Crippen molar-refractivity contribution in [2.75, 3.05) is 11.1 Å². The van der Waals surface area contributed by atoms with Gasteiger partial charge in [0, 0.05) is 27.4 Å². The molecule has 2 aromatic rings. The van der Waals surface area contributed by atoms with Crippen LogP contribution in [0.5, 0.6) is 0 Å². The molecule has 1 heterocycles. The van der Waals surface area contributed by atoms with Crippen LogP contribution in [0.3, 0.4) is 0 Å². The summed E-state index contributed by atoms with van der Waals surface area (Å²) in [6.07, 6.45) is 1.74. The van der Waals surface area contributed by atoms with Crippen LogP contribution in [0.15, 0.2) is 28.9 Å². The van der Waals surface area contributed by atoms with Gasteiger partial charge >= 0.3 is 0 Å². The van der Waals surface area contributed by atoms with Crippen LogP contribution in [0.4, 0.5) is 17.2 Å². The van der Waals surface area contributed by atoms with Gasteiger partial charge in [-0.2, -0.15) is 0 Å². The van der Waals surface area contributed by atoms with E-state index in [2.05, 4.69) is 26.2 Å². The third-order valence-corrected chi connectivity index (χ3v) is 3.72. The van der Waals surface area contributed by atoms with Crippen LogP contribution in [-0.4, -0.2) is 4.98 Å². The molecule has 0 amide bonds. The van der Waals surface area contributed by atoms with Crippen molar-refractivity contribution in [3.05, 3.63) is 45.0 Å². The normalized spacial score (nSPS) is 10.4. The number of anilines is 3. The molecule has 0 saturated heterocycles. The summed E-state index contributed by atoms with van der Waals surface area (Å²) in [7, 11) is 0. The minimum Gasteiger partial charge on any atom is -0.398 e. The van der Waals surface area contributed by atoms with E-state index < -0.39 is 0 Å². The van der Waals surface area contributed by atoms with E-state index >= 15 is 0 Å². The van der Waals surface area contributed by atoms with E-state index in [1.54, 1.807) is 12.3 Å². The van der Waals surface area contributed by atoms with Gasteiger partial charge in [0.25, 0.3) is 0 Å². The maximum atomic E-state index is 6.10. The molecule has 0 aliphatic rings. The molecule has 0 atom stereocenters. The number of nitrogens with one attached hydrogen (secondary N) is 1. The first-order valence-electron chi connectivity index (χ1n) is 5.42. The van der Waals surface area contributed by atoms with Crippen molar-refractivity contribution in [2.24, 2.45) is 0 Å². The van der Waals surface area contributed by atoms with Crippen molar-refractivity contribution in [2.45, 2.75) is 13.8 Å². The highest BCUT2D eigenvalue weighted by molar-refractivity contribution is 9.10. The largest absolute Gasteiger partial charge is 0.398 e. The van der Waals surface area contributed by atoms with E-state index in [1.807, 2.05) is 26.0 Å². The standard InChI is InChI=1S/C13H13BrClN3/c1-7-3-9(14)12(4-10(7)15)18-13-5-11(16)8(2)6-17-13/h3-6H,1-2H3,(H3,16,17,18). The van der Waals surface area contributed by atoms with Crippen molar-refractivity contribution in [3.8, 4) is 0 Å². The van der Waals surface area contributed by atoms with E-state index in [0.717, 1.165) is 21.3 Å². The fourth-order valence-electron chi connectivity index (χ4n) is 1.49. The molecule has 0 fully saturated rings. The lowest BCUT2D eigenvalue weighted by Crippen LogP contribution is -1.98. The molecule has 18 heavy (non-hydrogen) atoms. The number of nitrogen functional groups attached to an aromatic ring is 1. The molecule has 0 spiro atoms. The highest BCUT2D eigenvalue weighted by Gasteiger charge is 2.06. The van der Waals surface area contributed by atoms with Gasteiger partial charge in [-0.1, -0.05) is 11.6 Å². The molecule has 2 rings (SSSR count). The first-order valence-corrected chi connectivity index (χ1v) is 6.59. The second-order valence-electron chi connectivity index (χ2n) is 4.13. The highest BCUT2D eigenvalue weighted by Crippen LogP contribution is 2.31. The molecular formula is C13H13BrClN3. The smallest absolute Gasteiger partial charge is 0.132 e. The third kappa shape index (κ3) is 2.76. The number of benzene rings is 1. The van der Waals surface area contributed by atoms with Gasteiger partial charge in [-0.15, -0.1) is 0 Å². The van der Waals surface area contributed by atoms with Crippen molar-refractivity contribution in [3.63, 3.8) is 0 Å². The maximum Gasteiger partial charge on any atom is 0.132 e. The number of nitrogens with two attached hydrogens (primary N) is 1. The molecule has 0 aliphatic carbocycles. The van der Waals surface area contributed by atoms with Gasteiger partial charge in [0.15, 0.2) is 0 Å². The lowest BCUT2D eigenvalue weighted by atomic mass is 10.2. The van der Waals surface area contributed by atoms with Gasteiger partial charge in [-0.3, -0.25) is 0 Å². The molecule has 1 aromatic heterocycles. The fourth-order valence-corrected chi connectivity index (χ4v) is 2.21. The summed E-state index contributed by atoms with van der Waals surface area (Å²) in [5.41, 5.74) is 9.40. The molecule has 0 unspecified atom stereocenters. The van der Waals surface area contributed by atoms with Crippen LogP contribution in [-0.2, 0) is 0 Å². The van der Waals surface area contributed by atoms with Crippen LogP contribution in [0.1, 0.15) is 11.1 Å². The number of hydrogen-bond acceptors (Lipinski definition) is 3. The Kier molecular flexibility index (Phi) is 3.78.